The van der Waals surface area contributed by atoms with E-state index in [4.69, 9.17) is 0 Å². The first-order valence-corrected chi connectivity index (χ1v) is 10.6. The predicted molar refractivity (Wildman–Crippen MR) is 80.4 cm³/mol. The largest absolute Gasteiger partial charge is 0.341 e. The molecule has 1 aliphatic rings. The molecule has 0 N–H and O–H groups in total. The molecule has 8 heteroatoms. The minimum absolute atomic E-state index is 0.0315. The summed E-state index contributed by atoms with van der Waals surface area (Å²) in [6, 6.07) is 0. The molecule has 0 bridgehead atoms. The molecule has 0 spiro atoms. The van der Waals surface area contributed by atoms with E-state index in [9.17, 15) is 17.4 Å². The SMILES string of the molecule is CCCC[C@@H](C)C(=O)N1CCS(=O)(=NS(C)(=O)=O)CC1. The molecule has 1 rings (SSSR count). The summed E-state index contributed by atoms with van der Waals surface area (Å²) in [5.74, 6) is 0.328. The molecule has 0 aliphatic carbocycles. The number of unbranched alkanes of at least 4 members (excludes halogenated alkanes) is 1. The average molecular weight is 324 g/mol. The number of hydrogen-bond acceptors (Lipinski definition) is 4. The second-order valence-electron chi connectivity index (χ2n) is 5.36. The van der Waals surface area contributed by atoms with Gasteiger partial charge in [0, 0.05) is 19.0 Å². The first-order chi connectivity index (χ1) is 9.17. The van der Waals surface area contributed by atoms with E-state index in [1.54, 1.807) is 4.90 Å². The second-order valence-corrected chi connectivity index (χ2v) is 9.78. The van der Waals surface area contributed by atoms with Crippen LogP contribution in [0.1, 0.15) is 33.1 Å². The van der Waals surface area contributed by atoms with Gasteiger partial charge in [0.05, 0.1) is 27.5 Å². The molecular weight excluding hydrogens is 300 g/mol. The molecule has 0 aromatic rings. The van der Waals surface area contributed by atoms with Crippen LogP contribution < -0.4 is 0 Å². The molecule has 0 unspecified atom stereocenters. The van der Waals surface area contributed by atoms with E-state index in [1.807, 2.05) is 6.92 Å². The van der Waals surface area contributed by atoms with E-state index >= 15 is 0 Å². The Balaban J connectivity index is 2.65. The van der Waals surface area contributed by atoms with Gasteiger partial charge in [-0.1, -0.05) is 26.7 Å². The van der Waals surface area contributed by atoms with Gasteiger partial charge < -0.3 is 4.90 Å². The number of amides is 1. The zero-order valence-electron chi connectivity index (χ0n) is 12.4. The van der Waals surface area contributed by atoms with E-state index in [2.05, 4.69) is 10.7 Å². The fourth-order valence-electron chi connectivity index (χ4n) is 2.21. The van der Waals surface area contributed by atoms with Crippen molar-refractivity contribution >= 4 is 25.7 Å². The summed E-state index contributed by atoms with van der Waals surface area (Å²) >= 11 is 0. The van der Waals surface area contributed by atoms with E-state index in [1.165, 1.54) is 0 Å². The van der Waals surface area contributed by atoms with Crippen LogP contribution in [0.5, 0.6) is 0 Å². The first kappa shape index (κ1) is 17.4. The molecule has 20 heavy (non-hydrogen) atoms. The Kier molecular flexibility index (Phi) is 6.00. The van der Waals surface area contributed by atoms with Crippen molar-refractivity contribution < 1.29 is 17.4 Å². The van der Waals surface area contributed by atoms with Crippen LogP contribution in [0.4, 0.5) is 0 Å². The van der Waals surface area contributed by atoms with Crippen LogP contribution in [0, 0.1) is 5.92 Å². The molecule has 0 radical (unpaired) electrons. The summed E-state index contributed by atoms with van der Waals surface area (Å²) in [4.78, 5) is 13.9. The predicted octanol–water partition coefficient (Wildman–Crippen LogP) is 1.08. The molecule has 1 atom stereocenters. The van der Waals surface area contributed by atoms with Gasteiger partial charge in [0.1, 0.15) is 0 Å². The highest BCUT2D eigenvalue weighted by Crippen LogP contribution is 2.15. The second kappa shape index (κ2) is 6.89. The van der Waals surface area contributed by atoms with Crippen LogP contribution in [0.15, 0.2) is 3.77 Å². The van der Waals surface area contributed by atoms with Crippen molar-refractivity contribution in [3.63, 3.8) is 0 Å². The highest BCUT2D eigenvalue weighted by molar-refractivity contribution is 8.03. The maximum atomic E-state index is 12.2. The maximum Gasteiger partial charge on any atom is 0.257 e. The lowest BCUT2D eigenvalue weighted by Gasteiger charge is -2.30. The first-order valence-electron chi connectivity index (χ1n) is 6.89. The molecule has 1 saturated heterocycles. The average Bonchev–Trinajstić information content (AvgIpc) is 2.33. The van der Waals surface area contributed by atoms with Gasteiger partial charge >= 0.3 is 0 Å². The molecule has 1 heterocycles. The van der Waals surface area contributed by atoms with Crippen LogP contribution in [0.2, 0.25) is 0 Å². The molecule has 6 nitrogen and oxygen atoms in total. The van der Waals surface area contributed by atoms with E-state index in [0.717, 1.165) is 25.5 Å². The number of rotatable bonds is 5. The standard InChI is InChI=1S/C12H24N2O4S2/c1-4-5-6-11(2)12(15)14-7-9-20(18,10-8-14)13-19(3,16)17/h11H,4-10H2,1-3H3/t11-/m1/s1. The summed E-state index contributed by atoms with van der Waals surface area (Å²) in [6.45, 7) is 4.64. The fraction of sp³-hybridized carbons (Fsp3) is 0.917. The van der Waals surface area contributed by atoms with Gasteiger partial charge in [-0.3, -0.25) is 4.79 Å². The van der Waals surface area contributed by atoms with Crippen LogP contribution >= 0.6 is 0 Å². The molecule has 1 aliphatic heterocycles. The zero-order chi connectivity index (χ0) is 15.4. The van der Waals surface area contributed by atoms with Crippen molar-refractivity contribution in [3.05, 3.63) is 0 Å². The van der Waals surface area contributed by atoms with Gasteiger partial charge in [-0.25, -0.2) is 12.6 Å². The summed E-state index contributed by atoms with van der Waals surface area (Å²) in [5.41, 5.74) is 0. The lowest BCUT2D eigenvalue weighted by molar-refractivity contribution is -0.134. The zero-order valence-corrected chi connectivity index (χ0v) is 14.0. The third-order valence-electron chi connectivity index (χ3n) is 3.36. The smallest absolute Gasteiger partial charge is 0.257 e. The van der Waals surface area contributed by atoms with Crippen LogP contribution in [0.3, 0.4) is 0 Å². The Hall–Kier alpha value is -0.630. The molecule has 0 aromatic carbocycles. The van der Waals surface area contributed by atoms with E-state index in [-0.39, 0.29) is 23.3 Å². The third-order valence-corrected chi connectivity index (χ3v) is 7.17. The molecular formula is C12H24N2O4S2. The summed E-state index contributed by atoms with van der Waals surface area (Å²) in [5, 5.41) is 0. The van der Waals surface area contributed by atoms with Gasteiger partial charge in [0.2, 0.25) is 5.91 Å². The Morgan fingerprint density at radius 1 is 1.35 bits per heavy atom. The number of nitrogens with zero attached hydrogens (tertiary/aromatic N) is 2. The van der Waals surface area contributed by atoms with Gasteiger partial charge in [0.15, 0.2) is 0 Å². The van der Waals surface area contributed by atoms with Gasteiger partial charge in [-0.2, -0.15) is 0 Å². The van der Waals surface area contributed by atoms with Crippen molar-refractivity contribution in [1.29, 1.82) is 0 Å². The Morgan fingerprint density at radius 2 is 1.90 bits per heavy atom. The van der Waals surface area contributed by atoms with E-state index in [0.29, 0.717) is 13.1 Å². The quantitative estimate of drug-likeness (QED) is 0.757. The number of hydrogen-bond donors (Lipinski definition) is 0. The minimum Gasteiger partial charge on any atom is -0.341 e. The molecule has 0 saturated carbocycles. The summed E-state index contributed by atoms with van der Waals surface area (Å²) in [7, 11) is -6.32. The molecule has 118 valence electrons. The number of sulfonamides is 1. The number of carbonyl (C=O) groups excluding carboxylic acids is 1. The Morgan fingerprint density at radius 3 is 2.35 bits per heavy atom. The van der Waals surface area contributed by atoms with Crippen molar-refractivity contribution in [2.24, 2.45) is 9.69 Å². The van der Waals surface area contributed by atoms with Crippen molar-refractivity contribution in [1.82, 2.24) is 4.90 Å². The van der Waals surface area contributed by atoms with Gasteiger partial charge in [-0.15, -0.1) is 3.77 Å². The van der Waals surface area contributed by atoms with Gasteiger partial charge in [0.25, 0.3) is 10.0 Å². The third kappa shape index (κ3) is 5.40. The van der Waals surface area contributed by atoms with Crippen molar-refractivity contribution in [3.8, 4) is 0 Å². The maximum absolute atomic E-state index is 12.2. The lowest BCUT2D eigenvalue weighted by atomic mass is 10.0. The van der Waals surface area contributed by atoms with Crippen LogP contribution in [-0.2, 0) is 24.5 Å². The topological polar surface area (TPSA) is 83.9 Å². The Bertz CT molecular complexity index is 548. The van der Waals surface area contributed by atoms with Gasteiger partial charge in [-0.05, 0) is 6.42 Å². The fourth-order valence-corrected chi connectivity index (χ4v) is 5.99. The summed E-state index contributed by atoms with van der Waals surface area (Å²) in [6.07, 6.45) is 3.87. The molecule has 1 fully saturated rings. The van der Waals surface area contributed by atoms with E-state index < -0.39 is 19.8 Å². The van der Waals surface area contributed by atoms with Crippen LogP contribution in [-0.4, -0.2) is 54.3 Å². The highest BCUT2D eigenvalue weighted by Gasteiger charge is 2.27. The van der Waals surface area contributed by atoms with Crippen molar-refractivity contribution in [2.45, 2.75) is 33.1 Å². The Labute approximate surface area is 122 Å². The molecule has 1 amide bonds. The minimum atomic E-state index is -3.60. The summed E-state index contributed by atoms with van der Waals surface area (Å²) < 4.78 is 37.9. The normalized spacial score (nSPS) is 20.4. The number of carbonyl (C=O) groups is 1. The monoisotopic (exact) mass is 324 g/mol. The molecule has 0 aromatic heterocycles. The van der Waals surface area contributed by atoms with Crippen molar-refractivity contribution in [2.75, 3.05) is 30.9 Å². The lowest BCUT2D eigenvalue weighted by Crippen LogP contribution is -2.45. The highest BCUT2D eigenvalue weighted by atomic mass is 32.3. The van der Waals surface area contributed by atoms with Crippen LogP contribution in [0.25, 0.3) is 0 Å².